The summed E-state index contributed by atoms with van der Waals surface area (Å²) in [6, 6.07) is 12.0. The minimum Gasteiger partial charge on any atom is -0.492 e. The number of ether oxygens (including phenoxy) is 1. The Hall–Kier alpha value is -2.40. The van der Waals surface area contributed by atoms with Crippen LogP contribution in [-0.2, 0) is 0 Å². The first kappa shape index (κ1) is 14.2. The summed E-state index contributed by atoms with van der Waals surface area (Å²) in [7, 11) is 0. The predicted molar refractivity (Wildman–Crippen MR) is 90.0 cm³/mol. The molecule has 3 aromatic rings. The standard InChI is InChI=1S/C18H20N4O/c1-2-11-21(10-1)12-13-23-17-7-5-16(6-8-17)22-18-15(14-20-22)4-3-9-19-18/h3-9,14H,1-2,10-13H2. The van der Waals surface area contributed by atoms with Crippen molar-refractivity contribution in [2.75, 3.05) is 26.2 Å². The molecule has 23 heavy (non-hydrogen) atoms. The minimum atomic E-state index is 0.742. The molecule has 0 atom stereocenters. The number of rotatable bonds is 5. The molecule has 1 saturated heterocycles. The average molecular weight is 308 g/mol. The van der Waals surface area contributed by atoms with Crippen LogP contribution in [0.25, 0.3) is 16.7 Å². The molecule has 0 unspecified atom stereocenters. The molecule has 0 spiro atoms. The second-order valence-electron chi connectivity index (χ2n) is 5.86. The van der Waals surface area contributed by atoms with Crippen molar-refractivity contribution in [1.82, 2.24) is 19.7 Å². The quantitative estimate of drug-likeness (QED) is 0.727. The van der Waals surface area contributed by atoms with Crippen LogP contribution >= 0.6 is 0 Å². The Bertz CT molecular complexity index is 775. The van der Waals surface area contributed by atoms with E-state index >= 15 is 0 Å². The molecule has 0 saturated carbocycles. The SMILES string of the molecule is c1cnc2c(c1)cnn2-c1ccc(OCCN2CCCC2)cc1. The van der Waals surface area contributed by atoms with E-state index in [2.05, 4.69) is 15.0 Å². The van der Waals surface area contributed by atoms with Gasteiger partial charge in [-0.05, 0) is 62.3 Å². The van der Waals surface area contributed by atoms with Gasteiger partial charge >= 0.3 is 0 Å². The summed E-state index contributed by atoms with van der Waals surface area (Å²) in [6.07, 6.45) is 6.26. The third kappa shape index (κ3) is 3.05. The lowest BCUT2D eigenvalue weighted by Crippen LogP contribution is -2.25. The Balaban J connectivity index is 1.43. The second-order valence-corrected chi connectivity index (χ2v) is 5.86. The maximum atomic E-state index is 5.84. The van der Waals surface area contributed by atoms with Gasteiger partial charge in [0.15, 0.2) is 5.65 Å². The van der Waals surface area contributed by atoms with Crippen LogP contribution in [0.5, 0.6) is 5.75 Å². The van der Waals surface area contributed by atoms with Crippen LogP contribution in [0, 0.1) is 0 Å². The fraction of sp³-hybridized carbons (Fsp3) is 0.333. The molecule has 1 aromatic carbocycles. The van der Waals surface area contributed by atoms with Crippen molar-refractivity contribution in [2.45, 2.75) is 12.8 Å². The number of pyridine rings is 1. The lowest BCUT2D eigenvalue weighted by atomic mass is 10.3. The molecule has 0 bridgehead atoms. The maximum absolute atomic E-state index is 5.84. The highest BCUT2D eigenvalue weighted by molar-refractivity contribution is 5.75. The molecule has 1 aliphatic rings. The van der Waals surface area contributed by atoms with Gasteiger partial charge in [0.05, 0.1) is 11.9 Å². The molecule has 5 nitrogen and oxygen atoms in total. The van der Waals surface area contributed by atoms with Crippen molar-refractivity contribution in [3.05, 3.63) is 48.8 Å². The van der Waals surface area contributed by atoms with E-state index < -0.39 is 0 Å². The van der Waals surface area contributed by atoms with E-state index in [-0.39, 0.29) is 0 Å². The topological polar surface area (TPSA) is 43.2 Å². The predicted octanol–water partition coefficient (Wildman–Crippen LogP) is 2.90. The Morgan fingerprint density at radius 1 is 1.04 bits per heavy atom. The molecule has 4 rings (SSSR count). The molecule has 5 heteroatoms. The molecule has 0 radical (unpaired) electrons. The highest BCUT2D eigenvalue weighted by Gasteiger charge is 2.11. The van der Waals surface area contributed by atoms with E-state index in [4.69, 9.17) is 4.74 Å². The van der Waals surface area contributed by atoms with E-state index in [9.17, 15) is 0 Å². The summed E-state index contributed by atoms with van der Waals surface area (Å²) < 4.78 is 7.69. The fourth-order valence-corrected chi connectivity index (χ4v) is 3.03. The first-order valence-electron chi connectivity index (χ1n) is 8.14. The second kappa shape index (κ2) is 6.38. The number of hydrogen-bond donors (Lipinski definition) is 0. The largest absolute Gasteiger partial charge is 0.492 e. The zero-order chi connectivity index (χ0) is 15.5. The number of nitrogens with zero attached hydrogens (tertiary/aromatic N) is 4. The van der Waals surface area contributed by atoms with E-state index in [1.807, 2.05) is 47.3 Å². The Morgan fingerprint density at radius 2 is 1.87 bits per heavy atom. The summed E-state index contributed by atoms with van der Waals surface area (Å²) in [6.45, 7) is 4.17. The van der Waals surface area contributed by atoms with Gasteiger partial charge in [-0.2, -0.15) is 5.10 Å². The first-order chi connectivity index (χ1) is 11.4. The number of fused-ring (bicyclic) bond motifs is 1. The summed E-state index contributed by atoms with van der Waals surface area (Å²) in [4.78, 5) is 6.85. The minimum absolute atomic E-state index is 0.742. The molecule has 3 heterocycles. The van der Waals surface area contributed by atoms with E-state index in [0.29, 0.717) is 0 Å². The van der Waals surface area contributed by atoms with Crippen LogP contribution in [0.2, 0.25) is 0 Å². The van der Waals surface area contributed by atoms with Gasteiger partial charge in [-0.25, -0.2) is 9.67 Å². The van der Waals surface area contributed by atoms with Crippen molar-refractivity contribution in [1.29, 1.82) is 0 Å². The van der Waals surface area contributed by atoms with Crippen molar-refractivity contribution in [3.8, 4) is 11.4 Å². The number of likely N-dealkylation sites (tertiary alicyclic amines) is 1. The lowest BCUT2D eigenvalue weighted by molar-refractivity contribution is 0.238. The maximum Gasteiger partial charge on any atom is 0.162 e. The molecule has 2 aromatic heterocycles. The third-order valence-corrected chi connectivity index (χ3v) is 4.29. The van der Waals surface area contributed by atoms with Crippen molar-refractivity contribution >= 4 is 11.0 Å². The highest BCUT2D eigenvalue weighted by atomic mass is 16.5. The molecule has 0 aliphatic carbocycles. The van der Waals surface area contributed by atoms with Crippen LogP contribution < -0.4 is 4.74 Å². The molecule has 1 fully saturated rings. The van der Waals surface area contributed by atoms with Crippen LogP contribution in [0.15, 0.2) is 48.8 Å². The lowest BCUT2D eigenvalue weighted by Gasteiger charge is -2.15. The third-order valence-electron chi connectivity index (χ3n) is 4.29. The van der Waals surface area contributed by atoms with Gasteiger partial charge in [0.25, 0.3) is 0 Å². The summed E-state index contributed by atoms with van der Waals surface area (Å²) in [5.41, 5.74) is 1.86. The fourth-order valence-electron chi connectivity index (χ4n) is 3.03. The van der Waals surface area contributed by atoms with Gasteiger partial charge in [-0.3, -0.25) is 4.90 Å². The van der Waals surface area contributed by atoms with Crippen LogP contribution in [-0.4, -0.2) is 45.9 Å². The molecule has 118 valence electrons. The van der Waals surface area contributed by atoms with Gasteiger partial charge in [0.1, 0.15) is 12.4 Å². The van der Waals surface area contributed by atoms with E-state index in [0.717, 1.165) is 35.6 Å². The normalized spacial score (nSPS) is 15.3. The molecule has 0 N–H and O–H groups in total. The molecule has 0 amide bonds. The zero-order valence-corrected chi connectivity index (χ0v) is 13.1. The van der Waals surface area contributed by atoms with E-state index in [1.54, 1.807) is 6.20 Å². The van der Waals surface area contributed by atoms with Crippen LogP contribution in [0.4, 0.5) is 0 Å². The molecule has 1 aliphatic heterocycles. The average Bonchev–Trinajstić information content (AvgIpc) is 3.25. The Morgan fingerprint density at radius 3 is 2.70 bits per heavy atom. The smallest absolute Gasteiger partial charge is 0.162 e. The Kier molecular flexibility index (Phi) is 3.94. The first-order valence-corrected chi connectivity index (χ1v) is 8.14. The van der Waals surface area contributed by atoms with Crippen molar-refractivity contribution in [2.24, 2.45) is 0 Å². The molecular weight excluding hydrogens is 288 g/mol. The number of aromatic nitrogens is 3. The highest BCUT2D eigenvalue weighted by Crippen LogP contribution is 2.19. The summed E-state index contributed by atoms with van der Waals surface area (Å²) >= 11 is 0. The van der Waals surface area contributed by atoms with Gasteiger partial charge in [0.2, 0.25) is 0 Å². The van der Waals surface area contributed by atoms with Gasteiger partial charge in [0, 0.05) is 18.1 Å². The van der Waals surface area contributed by atoms with Crippen LogP contribution in [0.1, 0.15) is 12.8 Å². The molecular formula is C18H20N4O. The number of benzene rings is 1. The van der Waals surface area contributed by atoms with Gasteiger partial charge < -0.3 is 4.74 Å². The Labute approximate surface area is 135 Å². The number of hydrogen-bond acceptors (Lipinski definition) is 4. The van der Waals surface area contributed by atoms with Gasteiger partial charge in [-0.1, -0.05) is 0 Å². The zero-order valence-electron chi connectivity index (χ0n) is 13.1. The van der Waals surface area contributed by atoms with Crippen LogP contribution in [0.3, 0.4) is 0 Å². The van der Waals surface area contributed by atoms with E-state index in [1.165, 1.54) is 25.9 Å². The summed E-state index contributed by atoms with van der Waals surface area (Å²) in [5, 5.41) is 5.46. The summed E-state index contributed by atoms with van der Waals surface area (Å²) in [5.74, 6) is 0.900. The van der Waals surface area contributed by atoms with Crippen molar-refractivity contribution in [3.63, 3.8) is 0 Å². The van der Waals surface area contributed by atoms with Crippen molar-refractivity contribution < 1.29 is 4.74 Å². The monoisotopic (exact) mass is 308 g/mol. The van der Waals surface area contributed by atoms with Gasteiger partial charge in [-0.15, -0.1) is 0 Å².